The highest BCUT2D eigenvalue weighted by molar-refractivity contribution is 5.39. The van der Waals surface area contributed by atoms with Crippen LogP contribution >= 0.6 is 0 Å². The van der Waals surface area contributed by atoms with E-state index < -0.39 is 0 Å². The molecule has 0 aliphatic carbocycles. The molecular weight excluding hydrogens is 224 g/mol. The van der Waals surface area contributed by atoms with Crippen molar-refractivity contribution in [3.8, 4) is 0 Å². The highest BCUT2D eigenvalue weighted by atomic mass is 15.2. The van der Waals surface area contributed by atoms with E-state index in [1.165, 1.54) is 5.56 Å². The minimum atomic E-state index is 0.574. The number of rotatable bonds is 4. The predicted octanol–water partition coefficient (Wildman–Crippen LogP) is 1.88. The minimum Gasteiger partial charge on any atom is -0.355 e. The average molecular weight is 242 g/mol. The molecule has 1 heterocycles. The summed E-state index contributed by atoms with van der Waals surface area (Å²) in [5, 5.41) is 0. The van der Waals surface area contributed by atoms with E-state index >= 15 is 0 Å². The largest absolute Gasteiger partial charge is 0.355 e. The van der Waals surface area contributed by atoms with E-state index in [2.05, 4.69) is 27.0 Å². The van der Waals surface area contributed by atoms with E-state index in [0.29, 0.717) is 6.54 Å². The van der Waals surface area contributed by atoms with Gasteiger partial charge in [0.1, 0.15) is 12.1 Å². The maximum Gasteiger partial charge on any atom is 0.132 e. The number of anilines is 1. The van der Waals surface area contributed by atoms with Crippen molar-refractivity contribution in [1.29, 1.82) is 0 Å². The van der Waals surface area contributed by atoms with Crippen LogP contribution in [-0.4, -0.2) is 17.0 Å². The quantitative estimate of drug-likeness (QED) is 0.889. The molecule has 0 radical (unpaired) electrons. The Labute approximate surface area is 107 Å². The van der Waals surface area contributed by atoms with Crippen molar-refractivity contribution in [3.63, 3.8) is 0 Å². The lowest BCUT2D eigenvalue weighted by Gasteiger charge is -2.18. The Morgan fingerprint density at radius 3 is 2.67 bits per heavy atom. The Kier molecular flexibility index (Phi) is 3.89. The zero-order valence-corrected chi connectivity index (χ0v) is 10.8. The third-order valence-corrected chi connectivity index (χ3v) is 2.83. The molecule has 0 aliphatic rings. The van der Waals surface area contributed by atoms with Crippen LogP contribution in [-0.2, 0) is 13.1 Å². The first kappa shape index (κ1) is 12.5. The lowest BCUT2D eigenvalue weighted by atomic mass is 10.1. The molecule has 4 heteroatoms. The zero-order chi connectivity index (χ0) is 13.0. The first-order chi connectivity index (χ1) is 8.69. The number of aryl methyl sites for hydroxylation is 1. The van der Waals surface area contributed by atoms with E-state index in [1.54, 1.807) is 6.33 Å². The summed E-state index contributed by atoms with van der Waals surface area (Å²) in [6.07, 6.45) is 1.59. The average Bonchev–Trinajstić information content (AvgIpc) is 2.39. The topological polar surface area (TPSA) is 55.0 Å². The summed E-state index contributed by atoms with van der Waals surface area (Å²) in [4.78, 5) is 10.5. The molecule has 0 saturated carbocycles. The maximum absolute atomic E-state index is 5.65. The van der Waals surface area contributed by atoms with Crippen LogP contribution in [0.4, 0.5) is 5.82 Å². The van der Waals surface area contributed by atoms with Crippen LogP contribution in [0, 0.1) is 6.92 Å². The van der Waals surface area contributed by atoms with Crippen molar-refractivity contribution in [2.75, 3.05) is 11.9 Å². The van der Waals surface area contributed by atoms with Gasteiger partial charge in [-0.25, -0.2) is 9.97 Å². The molecule has 94 valence electrons. The van der Waals surface area contributed by atoms with Crippen molar-refractivity contribution >= 4 is 5.82 Å². The number of hydrogen-bond acceptors (Lipinski definition) is 4. The molecule has 0 unspecified atom stereocenters. The van der Waals surface area contributed by atoms with Crippen LogP contribution in [0.1, 0.15) is 16.8 Å². The molecular formula is C14H18N4. The number of aromatic nitrogens is 2. The zero-order valence-electron chi connectivity index (χ0n) is 10.8. The summed E-state index contributed by atoms with van der Waals surface area (Å²) in [5.41, 5.74) is 9.01. The minimum absolute atomic E-state index is 0.574. The maximum atomic E-state index is 5.65. The molecule has 0 atom stereocenters. The lowest BCUT2D eigenvalue weighted by Crippen LogP contribution is -2.18. The van der Waals surface area contributed by atoms with E-state index in [0.717, 1.165) is 23.6 Å². The smallest absolute Gasteiger partial charge is 0.132 e. The molecule has 0 aliphatic heterocycles. The molecule has 0 spiro atoms. The molecule has 2 N–H and O–H groups in total. The molecule has 1 aromatic heterocycles. The number of hydrogen-bond donors (Lipinski definition) is 1. The Bertz CT molecular complexity index is 525. The van der Waals surface area contributed by atoms with Crippen molar-refractivity contribution in [3.05, 3.63) is 53.5 Å². The van der Waals surface area contributed by atoms with Crippen molar-refractivity contribution in [1.82, 2.24) is 9.97 Å². The second-order valence-electron chi connectivity index (χ2n) is 4.40. The molecule has 2 rings (SSSR count). The monoisotopic (exact) mass is 242 g/mol. The van der Waals surface area contributed by atoms with Crippen LogP contribution in [0.2, 0.25) is 0 Å². The normalized spacial score (nSPS) is 10.4. The highest BCUT2D eigenvalue weighted by Gasteiger charge is 2.04. The van der Waals surface area contributed by atoms with Crippen molar-refractivity contribution in [2.24, 2.45) is 5.73 Å². The van der Waals surface area contributed by atoms with E-state index in [4.69, 9.17) is 5.73 Å². The summed E-state index contributed by atoms with van der Waals surface area (Å²) >= 11 is 0. The first-order valence-corrected chi connectivity index (χ1v) is 5.96. The summed E-state index contributed by atoms with van der Waals surface area (Å²) in [6, 6.07) is 10.3. The fourth-order valence-corrected chi connectivity index (χ4v) is 1.86. The summed E-state index contributed by atoms with van der Waals surface area (Å²) in [5.74, 6) is 0.931. The molecule has 0 bridgehead atoms. The van der Waals surface area contributed by atoms with Gasteiger partial charge >= 0.3 is 0 Å². The van der Waals surface area contributed by atoms with E-state index in [1.807, 2.05) is 32.2 Å². The Hall–Kier alpha value is -1.94. The van der Waals surface area contributed by atoms with Gasteiger partial charge in [-0.15, -0.1) is 0 Å². The summed E-state index contributed by atoms with van der Waals surface area (Å²) < 4.78 is 0. The van der Waals surface area contributed by atoms with Gasteiger partial charge in [0.25, 0.3) is 0 Å². The standard InChI is InChI=1S/C14H18N4/c1-11-6-14(17-10-16-11)18(2)9-13-5-3-4-12(7-13)8-15/h3-7,10H,8-9,15H2,1-2H3. The Morgan fingerprint density at radius 2 is 1.94 bits per heavy atom. The second kappa shape index (κ2) is 5.60. The fraction of sp³-hybridized carbons (Fsp3) is 0.286. The molecule has 0 amide bonds. The predicted molar refractivity (Wildman–Crippen MR) is 73.2 cm³/mol. The fourth-order valence-electron chi connectivity index (χ4n) is 1.86. The number of benzene rings is 1. The van der Waals surface area contributed by atoms with Crippen LogP contribution in [0.3, 0.4) is 0 Å². The summed E-state index contributed by atoms with van der Waals surface area (Å²) in [6.45, 7) is 3.35. The Morgan fingerprint density at radius 1 is 1.17 bits per heavy atom. The third kappa shape index (κ3) is 3.05. The van der Waals surface area contributed by atoms with Gasteiger partial charge in [0.15, 0.2) is 0 Å². The van der Waals surface area contributed by atoms with Gasteiger partial charge in [0.2, 0.25) is 0 Å². The van der Waals surface area contributed by atoms with E-state index in [9.17, 15) is 0 Å². The Balaban J connectivity index is 2.13. The SMILES string of the molecule is Cc1cc(N(C)Cc2cccc(CN)c2)ncn1. The number of nitrogens with two attached hydrogens (primary N) is 1. The van der Waals surface area contributed by atoms with Crippen LogP contribution in [0.5, 0.6) is 0 Å². The van der Waals surface area contributed by atoms with Crippen molar-refractivity contribution in [2.45, 2.75) is 20.0 Å². The van der Waals surface area contributed by atoms with E-state index in [-0.39, 0.29) is 0 Å². The molecule has 18 heavy (non-hydrogen) atoms. The van der Waals surface area contributed by atoms with Crippen LogP contribution in [0.25, 0.3) is 0 Å². The molecule has 2 aromatic rings. The van der Waals surface area contributed by atoms with Gasteiger partial charge < -0.3 is 10.6 Å². The van der Waals surface area contributed by atoms with Crippen LogP contribution < -0.4 is 10.6 Å². The third-order valence-electron chi connectivity index (χ3n) is 2.83. The second-order valence-corrected chi connectivity index (χ2v) is 4.40. The van der Waals surface area contributed by atoms with Crippen LogP contribution in [0.15, 0.2) is 36.7 Å². The summed E-state index contributed by atoms with van der Waals surface area (Å²) in [7, 11) is 2.02. The molecule has 0 saturated heterocycles. The lowest BCUT2D eigenvalue weighted by molar-refractivity contribution is 0.882. The van der Waals surface area contributed by atoms with Crippen molar-refractivity contribution < 1.29 is 0 Å². The van der Waals surface area contributed by atoms with Gasteiger partial charge in [0, 0.05) is 31.9 Å². The van der Waals surface area contributed by atoms with Gasteiger partial charge in [-0.2, -0.15) is 0 Å². The first-order valence-electron chi connectivity index (χ1n) is 5.96. The highest BCUT2D eigenvalue weighted by Crippen LogP contribution is 2.13. The molecule has 0 fully saturated rings. The van der Waals surface area contributed by atoms with Gasteiger partial charge in [-0.1, -0.05) is 24.3 Å². The molecule has 1 aromatic carbocycles. The van der Waals surface area contributed by atoms with Gasteiger partial charge in [0.05, 0.1) is 0 Å². The molecule has 4 nitrogen and oxygen atoms in total. The number of nitrogens with zero attached hydrogens (tertiary/aromatic N) is 3. The van der Waals surface area contributed by atoms with Gasteiger partial charge in [-0.3, -0.25) is 0 Å². The van der Waals surface area contributed by atoms with Gasteiger partial charge in [-0.05, 0) is 18.1 Å².